The summed E-state index contributed by atoms with van der Waals surface area (Å²) in [6.07, 6.45) is 0.297. The van der Waals surface area contributed by atoms with Crippen LogP contribution in [-0.4, -0.2) is 21.0 Å². The SMILES string of the molecule is C[C@@H](Cc1cc(F)ccc1O)C(Br)C(=O)O. The predicted molar refractivity (Wildman–Crippen MR) is 61.3 cm³/mol. The number of carboxylic acids is 1. The number of phenolic OH excluding ortho intramolecular Hbond substituents is 1. The average Bonchev–Trinajstić information content (AvgIpc) is 2.22. The molecule has 88 valence electrons. The number of carbonyl (C=O) groups is 1. The summed E-state index contributed by atoms with van der Waals surface area (Å²) in [5.41, 5.74) is 0.415. The van der Waals surface area contributed by atoms with Crippen LogP contribution in [0.25, 0.3) is 0 Å². The van der Waals surface area contributed by atoms with Gasteiger partial charge in [0, 0.05) is 0 Å². The Bertz CT molecular complexity index is 395. The maximum absolute atomic E-state index is 12.9. The number of hydrogen-bond acceptors (Lipinski definition) is 2. The topological polar surface area (TPSA) is 57.5 Å². The normalized spacial score (nSPS) is 14.4. The van der Waals surface area contributed by atoms with Gasteiger partial charge in [0.15, 0.2) is 0 Å². The van der Waals surface area contributed by atoms with Crippen LogP contribution in [0.1, 0.15) is 12.5 Å². The molecular formula is C11H12BrFO3. The third kappa shape index (κ3) is 3.20. The first-order valence-corrected chi connectivity index (χ1v) is 5.67. The van der Waals surface area contributed by atoms with E-state index in [2.05, 4.69) is 15.9 Å². The molecular weight excluding hydrogens is 279 g/mol. The van der Waals surface area contributed by atoms with Gasteiger partial charge in [-0.05, 0) is 36.1 Å². The molecule has 1 unspecified atom stereocenters. The molecule has 0 radical (unpaired) electrons. The lowest BCUT2D eigenvalue weighted by atomic mass is 9.97. The first-order valence-electron chi connectivity index (χ1n) is 4.76. The smallest absolute Gasteiger partial charge is 0.317 e. The van der Waals surface area contributed by atoms with Gasteiger partial charge >= 0.3 is 5.97 Å². The zero-order valence-electron chi connectivity index (χ0n) is 8.65. The molecule has 0 aliphatic heterocycles. The molecule has 2 atom stereocenters. The minimum Gasteiger partial charge on any atom is -0.508 e. The van der Waals surface area contributed by atoms with Crippen molar-refractivity contribution in [1.29, 1.82) is 0 Å². The Labute approximate surface area is 101 Å². The van der Waals surface area contributed by atoms with Crippen LogP contribution in [0.15, 0.2) is 18.2 Å². The van der Waals surface area contributed by atoms with Gasteiger partial charge in [0.05, 0.1) is 0 Å². The molecule has 3 nitrogen and oxygen atoms in total. The minimum atomic E-state index is -0.969. The first-order chi connectivity index (χ1) is 7.41. The number of aromatic hydroxyl groups is 1. The molecule has 1 aromatic carbocycles. The number of benzene rings is 1. The summed E-state index contributed by atoms with van der Waals surface area (Å²) in [6, 6.07) is 3.64. The van der Waals surface area contributed by atoms with Gasteiger partial charge in [0.1, 0.15) is 16.4 Å². The van der Waals surface area contributed by atoms with E-state index in [1.165, 1.54) is 12.1 Å². The van der Waals surface area contributed by atoms with Crippen molar-refractivity contribution in [1.82, 2.24) is 0 Å². The second kappa shape index (κ2) is 5.30. The monoisotopic (exact) mass is 290 g/mol. The Hall–Kier alpha value is -1.10. The maximum Gasteiger partial charge on any atom is 0.317 e. The molecule has 0 heterocycles. The third-order valence-electron chi connectivity index (χ3n) is 2.32. The molecule has 2 N–H and O–H groups in total. The number of phenols is 1. The number of aliphatic carboxylic acids is 1. The number of alkyl halides is 1. The van der Waals surface area contributed by atoms with Crippen molar-refractivity contribution in [3.8, 4) is 5.75 Å². The van der Waals surface area contributed by atoms with Crippen LogP contribution in [0.3, 0.4) is 0 Å². The van der Waals surface area contributed by atoms with Gasteiger partial charge in [-0.3, -0.25) is 4.79 Å². The highest BCUT2D eigenvalue weighted by molar-refractivity contribution is 9.10. The van der Waals surface area contributed by atoms with Crippen LogP contribution in [0.2, 0.25) is 0 Å². The standard InChI is InChI=1S/C11H12BrFO3/c1-6(10(12)11(15)16)4-7-5-8(13)2-3-9(7)14/h2-3,5-6,10,14H,4H2,1H3,(H,15,16)/t6-,10?/m0/s1. The fourth-order valence-electron chi connectivity index (χ4n) is 1.41. The number of carboxylic acid groups (broad SMARTS) is 1. The highest BCUT2D eigenvalue weighted by atomic mass is 79.9. The maximum atomic E-state index is 12.9. The summed E-state index contributed by atoms with van der Waals surface area (Å²) < 4.78 is 12.9. The van der Waals surface area contributed by atoms with Crippen molar-refractivity contribution in [2.75, 3.05) is 0 Å². The van der Waals surface area contributed by atoms with E-state index in [0.717, 1.165) is 6.07 Å². The van der Waals surface area contributed by atoms with Crippen LogP contribution < -0.4 is 0 Å². The summed E-state index contributed by atoms with van der Waals surface area (Å²) in [5.74, 6) is -1.67. The second-order valence-electron chi connectivity index (χ2n) is 3.69. The molecule has 0 aliphatic rings. The van der Waals surface area contributed by atoms with Crippen molar-refractivity contribution in [3.05, 3.63) is 29.6 Å². The Morgan fingerprint density at radius 2 is 2.19 bits per heavy atom. The Balaban J connectivity index is 2.80. The van der Waals surface area contributed by atoms with E-state index in [1.807, 2.05) is 0 Å². The van der Waals surface area contributed by atoms with Crippen LogP contribution in [0, 0.1) is 11.7 Å². The fourth-order valence-corrected chi connectivity index (χ4v) is 1.60. The largest absolute Gasteiger partial charge is 0.508 e. The van der Waals surface area contributed by atoms with Gasteiger partial charge in [-0.2, -0.15) is 0 Å². The van der Waals surface area contributed by atoms with Gasteiger partial charge in [-0.1, -0.05) is 22.9 Å². The van der Waals surface area contributed by atoms with Gasteiger partial charge in [0.25, 0.3) is 0 Å². The Morgan fingerprint density at radius 3 is 2.75 bits per heavy atom. The van der Waals surface area contributed by atoms with Crippen LogP contribution >= 0.6 is 15.9 Å². The molecule has 0 amide bonds. The van der Waals surface area contributed by atoms with Crippen LogP contribution in [-0.2, 0) is 11.2 Å². The first kappa shape index (κ1) is 13.0. The van der Waals surface area contributed by atoms with E-state index in [9.17, 15) is 14.3 Å². The van der Waals surface area contributed by atoms with Crippen molar-refractivity contribution < 1.29 is 19.4 Å². The van der Waals surface area contributed by atoms with Crippen molar-refractivity contribution >= 4 is 21.9 Å². The number of halogens is 2. The molecule has 0 fully saturated rings. The van der Waals surface area contributed by atoms with Crippen LogP contribution in [0.5, 0.6) is 5.75 Å². The Kier molecular flexibility index (Phi) is 4.29. The lowest BCUT2D eigenvalue weighted by molar-refractivity contribution is -0.137. The molecule has 0 spiro atoms. The average molecular weight is 291 g/mol. The summed E-state index contributed by atoms with van der Waals surface area (Å²) in [5, 5.41) is 18.2. The zero-order chi connectivity index (χ0) is 12.3. The second-order valence-corrected chi connectivity index (χ2v) is 4.68. The molecule has 0 aliphatic carbocycles. The molecule has 5 heteroatoms. The lowest BCUT2D eigenvalue weighted by Crippen LogP contribution is -2.23. The van der Waals surface area contributed by atoms with E-state index in [0.29, 0.717) is 12.0 Å². The number of hydrogen-bond donors (Lipinski definition) is 2. The quantitative estimate of drug-likeness (QED) is 0.838. The zero-order valence-corrected chi connectivity index (χ0v) is 10.2. The lowest BCUT2D eigenvalue weighted by Gasteiger charge is -2.15. The van der Waals surface area contributed by atoms with Gasteiger partial charge in [-0.15, -0.1) is 0 Å². The van der Waals surface area contributed by atoms with E-state index < -0.39 is 16.6 Å². The molecule has 16 heavy (non-hydrogen) atoms. The molecule has 1 rings (SSSR count). The van der Waals surface area contributed by atoms with Gasteiger partial charge in [0.2, 0.25) is 0 Å². The minimum absolute atomic E-state index is 0.0154. The van der Waals surface area contributed by atoms with E-state index >= 15 is 0 Å². The highest BCUT2D eigenvalue weighted by Crippen LogP contribution is 2.24. The molecule has 0 saturated carbocycles. The highest BCUT2D eigenvalue weighted by Gasteiger charge is 2.22. The molecule has 0 bridgehead atoms. The van der Waals surface area contributed by atoms with E-state index in [4.69, 9.17) is 5.11 Å². The predicted octanol–water partition coefficient (Wildman–Crippen LogP) is 2.56. The molecule has 0 aromatic heterocycles. The molecule has 1 aromatic rings. The summed E-state index contributed by atoms with van der Waals surface area (Å²) in [4.78, 5) is 9.99. The van der Waals surface area contributed by atoms with Crippen molar-refractivity contribution in [2.24, 2.45) is 5.92 Å². The summed E-state index contributed by atoms with van der Waals surface area (Å²) >= 11 is 3.03. The molecule has 0 saturated heterocycles. The number of rotatable bonds is 4. The summed E-state index contributed by atoms with van der Waals surface area (Å²) in [6.45, 7) is 1.72. The van der Waals surface area contributed by atoms with E-state index in [-0.39, 0.29) is 11.7 Å². The summed E-state index contributed by atoms with van der Waals surface area (Å²) in [7, 11) is 0. The van der Waals surface area contributed by atoms with Crippen LogP contribution in [0.4, 0.5) is 4.39 Å². The fraction of sp³-hybridized carbons (Fsp3) is 0.364. The van der Waals surface area contributed by atoms with Crippen molar-refractivity contribution in [3.63, 3.8) is 0 Å². The van der Waals surface area contributed by atoms with E-state index in [1.54, 1.807) is 6.92 Å². The third-order valence-corrected chi connectivity index (χ3v) is 3.61. The van der Waals surface area contributed by atoms with Crippen molar-refractivity contribution in [2.45, 2.75) is 18.2 Å². The van der Waals surface area contributed by atoms with Gasteiger partial charge in [-0.25, -0.2) is 4.39 Å². The van der Waals surface area contributed by atoms with Gasteiger partial charge < -0.3 is 10.2 Å². The Morgan fingerprint density at radius 1 is 1.56 bits per heavy atom.